The fourth-order valence-electron chi connectivity index (χ4n) is 3.19. The quantitative estimate of drug-likeness (QED) is 0.605. The molecule has 13 heavy (non-hydrogen) atoms. The van der Waals surface area contributed by atoms with E-state index < -0.39 is 0 Å². The Hall–Kier alpha value is -0.330. The molecule has 0 aromatic carbocycles. The van der Waals surface area contributed by atoms with Crippen molar-refractivity contribution in [3.63, 3.8) is 0 Å². The van der Waals surface area contributed by atoms with E-state index in [0.717, 1.165) is 37.0 Å². The molecule has 2 atom stereocenters. The summed E-state index contributed by atoms with van der Waals surface area (Å²) in [6.07, 6.45) is 8.49. The molecule has 2 aliphatic rings. The molecule has 2 rings (SSSR count). The van der Waals surface area contributed by atoms with Crippen LogP contribution in [-0.4, -0.2) is 5.78 Å². The maximum Gasteiger partial charge on any atom is 0.133 e. The lowest BCUT2D eigenvalue weighted by molar-refractivity contribution is -0.123. The van der Waals surface area contributed by atoms with Crippen LogP contribution in [0.2, 0.25) is 0 Å². The number of carbonyl (C=O) groups excluding carboxylic acids is 1. The van der Waals surface area contributed by atoms with Gasteiger partial charge in [-0.25, -0.2) is 0 Å². The largest absolute Gasteiger partial charge is 0.300 e. The normalized spacial score (nSPS) is 36.8. The van der Waals surface area contributed by atoms with Crippen molar-refractivity contribution in [2.75, 3.05) is 0 Å². The Kier molecular flexibility index (Phi) is 2.71. The topological polar surface area (TPSA) is 17.1 Å². The molecule has 0 N–H and O–H groups in total. The minimum Gasteiger partial charge on any atom is -0.300 e. The van der Waals surface area contributed by atoms with Crippen molar-refractivity contribution in [3.8, 4) is 0 Å². The molecular formula is C12H20O. The lowest BCUT2D eigenvalue weighted by atomic mass is 9.72. The Morgan fingerprint density at radius 2 is 1.85 bits per heavy atom. The second-order valence-electron chi connectivity index (χ2n) is 4.97. The van der Waals surface area contributed by atoms with Crippen LogP contribution >= 0.6 is 0 Å². The summed E-state index contributed by atoms with van der Waals surface area (Å²) < 4.78 is 0. The minimum atomic E-state index is 0.523. The van der Waals surface area contributed by atoms with Gasteiger partial charge in [0.05, 0.1) is 0 Å². The van der Waals surface area contributed by atoms with Gasteiger partial charge in [0.15, 0.2) is 0 Å². The highest BCUT2D eigenvalue weighted by molar-refractivity contribution is 5.79. The van der Waals surface area contributed by atoms with Gasteiger partial charge in [-0.3, -0.25) is 4.79 Å². The Morgan fingerprint density at radius 3 is 2.54 bits per heavy atom. The molecule has 74 valence electrons. The average molecular weight is 180 g/mol. The van der Waals surface area contributed by atoms with Crippen molar-refractivity contribution in [2.45, 2.75) is 51.9 Å². The molecule has 2 unspecified atom stereocenters. The molecule has 0 aromatic heterocycles. The number of hydrogen-bond donors (Lipinski definition) is 0. The van der Waals surface area contributed by atoms with Crippen LogP contribution in [-0.2, 0) is 4.79 Å². The highest BCUT2D eigenvalue weighted by atomic mass is 16.1. The predicted molar refractivity (Wildman–Crippen MR) is 53.5 cm³/mol. The van der Waals surface area contributed by atoms with Crippen LogP contribution in [0, 0.1) is 17.8 Å². The summed E-state index contributed by atoms with van der Waals surface area (Å²) in [6.45, 7) is 2.34. The summed E-state index contributed by atoms with van der Waals surface area (Å²) in [6, 6.07) is 0. The summed E-state index contributed by atoms with van der Waals surface area (Å²) in [4.78, 5) is 11.4. The Bertz CT molecular complexity index is 191. The van der Waals surface area contributed by atoms with Crippen molar-refractivity contribution < 1.29 is 4.79 Å². The molecule has 0 bridgehead atoms. The van der Waals surface area contributed by atoms with Crippen molar-refractivity contribution in [1.29, 1.82) is 0 Å². The van der Waals surface area contributed by atoms with E-state index in [1.807, 2.05) is 0 Å². The van der Waals surface area contributed by atoms with E-state index in [1.54, 1.807) is 0 Å². The van der Waals surface area contributed by atoms with Gasteiger partial charge in [0.25, 0.3) is 0 Å². The zero-order valence-electron chi connectivity index (χ0n) is 8.59. The van der Waals surface area contributed by atoms with Crippen molar-refractivity contribution in [3.05, 3.63) is 0 Å². The molecule has 2 saturated carbocycles. The molecular weight excluding hydrogens is 160 g/mol. The van der Waals surface area contributed by atoms with E-state index >= 15 is 0 Å². The zero-order valence-corrected chi connectivity index (χ0v) is 8.59. The zero-order chi connectivity index (χ0) is 9.26. The summed E-state index contributed by atoms with van der Waals surface area (Å²) in [5.74, 6) is 2.96. The second-order valence-corrected chi connectivity index (χ2v) is 4.97. The molecule has 1 heteroatoms. The molecule has 0 spiro atoms. The van der Waals surface area contributed by atoms with E-state index in [2.05, 4.69) is 6.92 Å². The smallest absolute Gasteiger partial charge is 0.133 e. The third-order valence-electron chi connectivity index (χ3n) is 4.08. The lowest BCUT2D eigenvalue weighted by Crippen LogP contribution is -2.28. The van der Waals surface area contributed by atoms with Gasteiger partial charge in [0, 0.05) is 12.8 Å². The minimum absolute atomic E-state index is 0.523. The molecule has 2 aliphatic carbocycles. The van der Waals surface area contributed by atoms with Gasteiger partial charge in [-0.1, -0.05) is 32.6 Å². The average Bonchev–Trinajstić information content (AvgIpc) is 2.61. The SMILES string of the molecule is CC1CCC(=O)CC1C1CCCC1. The van der Waals surface area contributed by atoms with E-state index in [1.165, 1.54) is 25.7 Å². The number of hydrogen-bond acceptors (Lipinski definition) is 1. The van der Waals surface area contributed by atoms with E-state index in [0.29, 0.717) is 5.78 Å². The third kappa shape index (κ3) is 1.95. The maximum absolute atomic E-state index is 11.4. The Balaban J connectivity index is 1.98. The van der Waals surface area contributed by atoms with Gasteiger partial charge < -0.3 is 0 Å². The molecule has 0 aromatic rings. The van der Waals surface area contributed by atoms with Crippen LogP contribution in [0.3, 0.4) is 0 Å². The maximum atomic E-state index is 11.4. The standard InChI is InChI=1S/C12H20O/c1-9-6-7-11(13)8-12(9)10-4-2-3-5-10/h9-10,12H,2-8H2,1H3. The van der Waals surface area contributed by atoms with Crippen LogP contribution in [0.1, 0.15) is 51.9 Å². The highest BCUT2D eigenvalue weighted by Crippen LogP contribution is 2.41. The molecule has 0 radical (unpaired) electrons. The Labute approximate surface area is 80.9 Å². The van der Waals surface area contributed by atoms with E-state index in [-0.39, 0.29) is 0 Å². The summed E-state index contributed by atoms with van der Waals surface area (Å²) >= 11 is 0. The van der Waals surface area contributed by atoms with Crippen molar-refractivity contribution in [1.82, 2.24) is 0 Å². The molecule has 1 nitrogen and oxygen atoms in total. The van der Waals surface area contributed by atoms with Crippen LogP contribution in [0.25, 0.3) is 0 Å². The summed E-state index contributed by atoms with van der Waals surface area (Å²) in [5.41, 5.74) is 0. The van der Waals surface area contributed by atoms with Gasteiger partial charge in [-0.05, 0) is 24.2 Å². The van der Waals surface area contributed by atoms with Crippen LogP contribution < -0.4 is 0 Å². The van der Waals surface area contributed by atoms with Crippen LogP contribution in [0.4, 0.5) is 0 Å². The lowest BCUT2D eigenvalue weighted by Gasteiger charge is -2.32. The second kappa shape index (κ2) is 3.81. The first kappa shape index (κ1) is 9.23. The first-order chi connectivity index (χ1) is 6.27. The number of ketones is 1. The molecule has 0 aliphatic heterocycles. The number of carbonyl (C=O) groups is 1. The van der Waals surface area contributed by atoms with Crippen LogP contribution in [0.15, 0.2) is 0 Å². The molecule has 0 amide bonds. The predicted octanol–water partition coefficient (Wildman–Crippen LogP) is 3.18. The van der Waals surface area contributed by atoms with Gasteiger partial charge in [0.2, 0.25) is 0 Å². The van der Waals surface area contributed by atoms with Gasteiger partial charge in [0.1, 0.15) is 5.78 Å². The number of Topliss-reactive ketones (excluding diaryl/α,β-unsaturated/α-hetero) is 1. The van der Waals surface area contributed by atoms with E-state index in [9.17, 15) is 4.79 Å². The monoisotopic (exact) mass is 180 g/mol. The van der Waals surface area contributed by atoms with Gasteiger partial charge >= 0.3 is 0 Å². The first-order valence-corrected chi connectivity index (χ1v) is 5.79. The van der Waals surface area contributed by atoms with Gasteiger partial charge in [-0.2, -0.15) is 0 Å². The highest BCUT2D eigenvalue weighted by Gasteiger charge is 2.33. The van der Waals surface area contributed by atoms with Crippen molar-refractivity contribution in [2.24, 2.45) is 17.8 Å². The number of rotatable bonds is 1. The fraction of sp³-hybridized carbons (Fsp3) is 0.917. The van der Waals surface area contributed by atoms with E-state index in [4.69, 9.17) is 0 Å². The third-order valence-corrected chi connectivity index (χ3v) is 4.08. The molecule has 0 heterocycles. The fourth-order valence-corrected chi connectivity index (χ4v) is 3.19. The van der Waals surface area contributed by atoms with Crippen LogP contribution in [0.5, 0.6) is 0 Å². The molecule has 2 fully saturated rings. The summed E-state index contributed by atoms with van der Waals surface area (Å²) in [7, 11) is 0. The first-order valence-electron chi connectivity index (χ1n) is 5.79. The molecule has 0 saturated heterocycles. The van der Waals surface area contributed by atoms with Gasteiger partial charge in [-0.15, -0.1) is 0 Å². The Morgan fingerprint density at radius 1 is 1.15 bits per heavy atom. The summed E-state index contributed by atoms with van der Waals surface area (Å²) in [5, 5.41) is 0. The van der Waals surface area contributed by atoms with Crippen molar-refractivity contribution >= 4 is 5.78 Å².